The lowest BCUT2D eigenvalue weighted by Gasteiger charge is -2.15. The Morgan fingerprint density at radius 3 is 2.92 bits per heavy atom. The molecule has 1 atom stereocenters. The van der Waals surface area contributed by atoms with E-state index in [1.165, 1.54) is 11.1 Å². The molecule has 1 aliphatic carbocycles. The van der Waals surface area contributed by atoms with Crippen LogP contribution in [0.15, 0.2) is 46.9 Å². The number of hydrogen-bond acceptors (Lipinski definition) is 4. The van der Waals surface area contributed by atoms with Gasteiger partial charge in [-0.3, -0.25) is 0 Å². The predicted molar refractivity (Wildman–Crippen MR) is 95.0 cm³/mol. The van der Waals surface area contributed by atoms with Crippen LogP contribution in [0.1, 0.15) is 46.7 Å². The number of hydrogen-bond donors (Lipinski definition) is 0. The summed E-state index contributed by atoms with van der Waals surface area (Å²) in [6, 6.07) is 14.0. The van der Waals surface area contributed by atoms with Crippen molar-refractivity contribution in [3.05, 3.63) is 64.9 Å². The highest BCUT2D eigenvalue weighted by atomic mass is 16.5. The van der Waals surface area contributed by atoms with E-state index in [1.54, 1.807) is 13.8 Å². The Labute approximate surface area is 146 Å². The molecule has 0 spiro atoms. The molecule has 4 heteroatoms. The number of fused-ring (bicyclic) bond motifs is 2. The second-order valence-electron chi connectivity index (χ2n) is 6.26. The third-order valence-electron chi connectivity index (χ3n) is 4.67. The lowest BCUT2D eigenvalue weighted by Crippen LogP contribution is -2.06. The maximum atomic E-state index is 12.2. The van der Waals surface area contributed by atoms with Gasteiger partial charge in [0.25, 0.3) is 0 Å². The van der Waals surface area contributed by atoms with Crippen molar-refractivity contribution < 1.29 is 18.7 Å². The molecule has 4 rings (SSSR count). The van der Waals surface area contributed by atoms with Crippen molar-refractivity contribution in [2.45, 2.75) is 32.8 Å². The topological polar surface area (TPSA) is 48.7 Å². The summed E-state index contributed by atoms with van der Waals surface area (Å²) in [5.74, 6) is 0.944. The highest BCUT2D eigenvalue weighted by molar-refractivity contribution is 6.04. The minimum Gasteiger partial charge on any atom is -0.486 e. The van der Waals surface area contributed by atoms with Crippen molar-refractivity contribution >= 4 is 16.9 Å². The van der Waals surface area contributed by atoms with Gasteiger partial charge in [0.15, 0.2) is 0 Å². The van der Waals surface area contributed by atoms with Gasteiger partial charge in [0.05, 0.1) is 6.61 Å². The standard InChI is InChI=1S/C21H20O4/c1-3-23-21(22)20-13(2)24-19-11-9-15(12-17(19)20)25-18-10-8-14-6-4-5-7-16(14)18/h4-7,9,11-12,18H,3,8,10H2,1-2H3. The molecule has 1 aromatic heterocycles. The highest BCUT2D eigenvalue weighted by Gasteiger charge is 2.24. The number of benzene rings is 2. The number of esters is 1. The number of aryl methyl sites for hydroxylation is 2. The van der Waals surface area contributed by atoms with Gasteiger partial charge in [0.1, 0.15) is 28.8 Å². The molecule has 1 aliphatic rings. The van der Waals surface area contributed by atoms with Crippen LogP contribution in [0.25, 0.3) is 11.0 Å². The fourth-order valence-electron chi connectivity index (χ4n) is 3.53. The van der Waals surface area contributed by atoms with Crippen LogP contribution in [0.5, 0.6) is 5.75 Å². The van der Waals surface area contributed by atoms with Gasteiger partial charge in [0.2, 0.25) is 0 Å². The molecule has 0 aliphatic heterocycles. The SMILES string of the molecule is CCOC(=O)c1c(C)oc2ccc(OC3CCc4ccccc43)cc12. The van der Waals surface area contributed by atoms with Gasteiger partial charge in [-0.25, -0.2) is 4.79 Å². The van der Waals surface area contributed by atoms with Crippen molar-refractivity contribution in [3.63, 3.8) is 0 Å². The third-order valence-corrected chi connectivity index (χ3v) is 4.67. The van der Waals surface area contributed by atoms with Crippen LogP contribution in [0, 0.1) is 6.92 Å². The zero-order valence-corrected chi connectivity index (χ0v) is 14.4. The first-order valence-electron chi connectivity index (χ1n) is 8.62. The first-order chi connectivity index (χ1) is 12.2. The number of carbonyl (C=O) groups excluding carboxylic acids is 1. The maximum Gasteiger partial charge on any atom is 0.342 e. The second kappa shape index (κ2) is 6.28. The van der Waals surface area contributed by atoms with Gasteiger partial charge in [0, 0.05) is 5.39 Å². The molecular weight excluding hydrogens is 316 g/mol. The quantitative estimate of drug-likeness (QED) is 0.630. The van der Waals surface area contributed by atoms with Crippen molar-refractivity contribution in [2.24, 2.45) is 0 Å². The second-order valence-corrected chi connectivity index (χ2v) is 6.26. The van der Waals surface area contributed by atoms with E-state index < -0.39 is 0 Å². The Hall–Kier alpha value is -2.75. The van der Waals surface area contributed by atoms with Crippen LogP contribution in [0.4, 0.5) is 0 Å². The Morgan fingerprint density at radius 2 is 2.08 bits per heavy atom. The lowest BCUT2D eigenvalue weighted by atomic mass is 10.1. The molecule has 3 aromatic rings. The lowest BCUT2D eigenvalue weighted by molar-refractivity contribution is 0.0526. The first-order valence-corrected chi connectivity index (χ1v) is 8.62. The summed E-state index contributed by atoms with van der Waals surface area (Å²) in [5.41, 5.74) is 3.74. The average Bonchev–Trinajstić information content (AvgIpc) is 3.15. The molecular formula is C21H20O4. The fourth-order valence-corrected chi connectivity index (χ4v) is 3.53. The smallest absolute Gasteiger partial charge is 0.342 e. The van der Waals surface area contributed by atoms with Crippen molar-refractivity contribution in [1.29, 1.82) is 0 Å². The molecule has 0 saturated carbocycles. The average molecular weight is 336 g/mol. The molecule has 1 unspecified atom stereocenters. The minimum absolute atomic E-state index is 0.0488. The number of carbonyl (C=O) groups is 1. The Balaban J connectivity index is 1.68. The zero-order chi connectivity index (χ0) is 17.4. The van der Waals surface area contributed by atoms with Gasteiger partial charge in [-0.1, -0.05) is 24.3 Å². The summed E-state index contributed by atoms with van der Waals surface area (Å²) >= 11 is 0. The van der Waals surface area contributed by atoms with Crippen molar-refractivity contribution in [3.8, 4) is 5.75 Å². The van der Waals surface area contributed by atoms with Gasteiger partial charge >= 0.3 is 5.97 Å². The van der Waals surface area contributed by atoms with E-state index in [0.717, 1.165) is 24.0 Å². The number of furan rings is 1. The van der Waals surface area contributed by atoms with Crippen LogP contribution in [-0.2, 0) is 11.2 Å². The van der Waals surface area contributed by atoms with Crippen LogP contribution >= 0.6 is 0 Å². The van der Waals surface area contributed by atoms with E-state index in [0.29, 0.717) is 23.5 Å². The Bertz CT molecular complexity index is 938. The van der Waals surface area contributed by atoms with Crippen molar-refractivity contribution in [2.75, 3.05) is 6.61 Å². The summed E-state index contributed by atoms with van der Waals surface area (Å²) in [6.07, 6.45) is 2.04. The molecule has 4 nitrogen and oxygen atoms in total. The normalized spacial score (nSPS) is 16.0. The molecule has 0 bridgehead atoms. The molecule has 0 saturated heterocycles. The molecule has 0 N–H and O–H groups in total. The summed E-state index contributed by atoms with van der Waals surface area (Å²) < 4.78 is 17.1. The monoisotopic (exact) mass is 336 g/mol. The molecule has 0 amide bonds. The summed E-state index contributed by atoms with van der Waals surface area (Å²) in [5, 5.41) is 0.736. The fraction of sp³-hybridized carbons (Fsp3) is 0.286. The first kappa shape index (κ1) is 15.8. The Morgan fingerprint density at radius 1 is 1.24 bits per heavy atom. The van der Waals surface area contributed by atoms with Gasteiger partial charge in [-0.2, -0.15) is 0 Å². The van der Waals surface area contributed by atoms with E-state index in [2.05, 4.69) is 18.2 Å². The van der Waals surface area contributed by atoms with Gasteiger partial charge < -0.3 is 13.9 Å². The maximum absolute atomic E-state index is 12.2. The Kier molecular flexibility index (Phi) is 3.96. The largest absolute Gasteiger partial charge is 0.486 e. The number of ether oxygens (including phenoxy) is 2. The zero-order valence-electron chi connectivity index (χ0n) is 14.4. The molecule has 0 radical (unpaired) electrons. The van der Waals surface area contributed by atoms with Crippen LogP contribution in [-0.4, -0.2) is 12.6 Å². The summed E-state index contributed by atoms with van der Waals surface area (Å²) in [6.45, 7) is 3.90. The summed E-state index contributed by atoms with van der Waals surface area (Å²) in [4.78, 5) is 12.2. The van der Waals surface area contributed by atoms with Crippen LogP contribution < -0.4 is 4.74 Å². The van der Waals surface area contributed by atoms with Crippen molar-refractivity contribution in [1.82, 2.24) is 0 Å². The molecule has 1 heterocycles. The van der Waals surface area contributed by atoms with E-state index in [-0.39, 0.29) is 12.1 Å². The van der Waals surface area contributed by atoms with E-state index in [4.69, 9.17) is 13.9 Å². The van der Waals surface area contributed by atoms with Gasteiger partial charge in [-0.15, -0.1) is 0 Å². The highest BCUT2D eigenvalue weighted by Crippen LogP contribution is 2.36. The predicted octanol–water partition coefficient (Wildman–Crippen LogP) is 4.98. The minimum atomic E-state index is -0.359. The molecule has 2 aromatic carbocycles. The number of rotatable bonds is 4. The molecule has 0 fully saturated rings. The van der Waals surface area contributed by atoms with Crippen LogP contribution in [0.3, 0.4) is 0 Å². The van der Waals surface area contributed by atoms with E-state index in [1.807, 2.05) is 24.3 Å². The molecule has 25 heavy (non-hydrogen) atoms. The van der Waals surface area contributed by atoms with Crippen LogP contribution in [0.2, 0.25) is 0 Å². The van der Waals surface area contributed by atoms with Gasteiger partial charge in [-0.05, 0) is 56.0 Å². The third kappa shape index (κ3) is 2.78. The van der Waals surface area contributed by atoms with E-state index >= 15 is 0 Å². The molecule has 128 valence electrons. The van der Waals surface area contributed by atoms with E-state index in [9.17, 15) is 4.79 Å². The summed E-state index contributed by atoms with van der Waals surface area (Å²) in [7, 11) is 0.